The summed E-state index contributed by atoms with van der Waals surface area (Å²) < 4.78 is 0. The van der Waals surface area contributed by atoms with Crippen LogP contribution in [0.15, 0.2) is 18.2 Å². The van der Waals surface area contributed by atoms with Gasteiger partial charge in [0.2, 0.25) is 0 Å². The van der Waals surface area contributed by atoms with Crippen LogP contribution < -0.4 is 10.6 Å². The molecule has 1 aliphatic carbocycles. The van der Waals surface area contributed by atoms with Gasteiger partial charge in [0.05, 0.1) is 0 Å². The Morgan fingerprint density at radius 3 is 2.94 bits per heavy atom. The second kappa shape index (κ2) is 4.06. The van der Waals surface area contributed by atoms with Crippen LogP contribution in [0.5, 0.6) is 0 Å². The average Bonchev–Trinajstić information content (AvgIpc) is 3.12. The van der Waals surface area contributed by atoms with Gasteiger partial charge in [-0.1, -0.05) is 0 Å². The molecule has 1 aliphatic heterocycles. The predicted molar refractivity (Wildman–Crippen MR) is 68.3 cm³/mol. The number of carbonyl (C=O) groups is 1. The van der Waals surface area contributed by atoms with Crippen molar-refractivity contribution < 1.29 is 4.79 Å². The normalized spacial score (nSPS) is 22.5. The maximum absolute atomic E-state index is 11.9. The lowest BCUT2D eigenvalue weighted by molar-refractivity contribution is 0.0951. The van der Waals surface area contributed by atoms with Crippen molar-refractivity contribution in [1.82, 2.24) is 5.32 Å². The molecule has 1 heterocycles. The molecule has 1 aromatic carbocycles. The minimum atomic E-state index is 0.0777. The zero-order chi connectivity index (χ0) is 11.8. The maximum Gasteiger partial charge on any atom is 0.251 e. The third kappa shape index (κ3) is 2.28. The topological polar surface area (TPSA) is 41.1 Å². The molecule has 1 fully saturated rings. The molecule has 1 aromatic rings. The molecule has 1 atom stereocenters. The van der Waals surface area contributed by atoms with Gasteiger partial charge in [-0.05, 0) is 56.4 Å². The van der Waals surface area contributed by atoms with Crippen LogP contribution in [0.2, 0.25) is 0 Å². The highest BCUT2D eigenvalue weighted by Crippen LogP contribution is 2.26. The van der Waals surface area contributed by atoms with E-state index in [-0.39, 0.29) is 5.91 Å². The highest BCUT2D eigenvalue weighted by atomic mass is 16.1. The smallest absolute Gasteiger partial charge is 0.251 e. The number of amides is 1. The highest BCUT2D eigenvalue weighted by molar-refractivity contribution is 5.95. The minimum absolute atomic E-state index is 0.0777. The SMILES string of the molecule is C[C@@H]1CCc2cc(C(=O)NC3CC3)ccc2N1. The zero-order valence-electron chi connectivity index (χ0n) is 10.1. The lowest BCUT2D eigenvalue weighted by Crippen LogP contribution is -2.26. The number of benzene rings is 1. The number of carbonyl (C=O) groups excluding carboxylic acids is 1. The molecule has 3 nitrogen and oxygen atoms in total. The Labute approximate surface area is 102 Å². The summed E-state index contributed by atoms with van der Waals surface area (Å²) in [6.07, 6.45) is 4.47. The second-order valence-corrected chi connectivity index (χ2v) is 5.20. The van der Waals surface area contributed by atoms with Crippen LogP contribution in [-0.4, -0.2) is 18.0 Å². The third-order valence-electron chi connectivity index (χ3n) is 3.53. The van der Waals surface area contributed by atoms with Gasteiger partial charge in [0.1, 0.15) is 0 Å². The average molecular weight is 230 g/mol. The molecule has 0 saturated heterocycles. The van der Waals surface area contributed by atoms with Gasteiger partial charge in [-0.3, -0.25) is 4.79 Å². The molecule has 0 radical (unpaired) electrons. The summed E-state index contributed by atoms with van der Waals surface area (Å²) >= 11 is 0. The van der Waals surface area contributed by atoms with Gasteiger partial charge in [-0.2, -0.15) is 0 Å². The number of fused-ring (bicyclic) bond motifs is 1. The van der Waals surface area contributed by atoms with Gasteiger partial charge < -0.3 is 10.6 Å². The Balaban J connectivity index is 1.79. The predicted octanol–water partition coefficient (Wildman–Crippen LogP) is 2.33. The van der Waals surface area contributed by atoms with E-state index in [0.717, 1.165) is 31.2 Å². The first-order valence-electron chi connectivity index (χ1n) is 6.43. The van der Waals surface area contributed by atoms with E-state index in [1.165, 1.54) is 11.3 Å². The molecule has 3 rings (SSSR count). The van der Waals surface area contributed by atoms with E-state index in [4.69, 9.17) is 0 Å². The quantitative estimate of drug-likeness (QED) is 0.818. The molecule has 0 aromatic heterocycles. The molecule has 90 valence electrons. The lowest BCUT2D eigenvalue weighted by Gasteiger charge is -2.24. The van der Waals surface area contributed by atoms with Crippen molar-refractivity contribution in [2.24, 2.45) is 0 Å². The molecular weight excluding hydrogens is 212 g/mol. The number of hydrogen-bond donors (Lipinski definition) is 2. The minimum Gasteiger partial charge on any atom is -0.382 e. The van der Waals surface area contributed by atoms with Crippen LogP contribution in [0.3, 0.4) is 0 Å². The first-order chi connectivity index (χ1) is 8.22. The molecule has 17 heavy (non-hydrogen) atoms. The van der Waals surface area contributed by atoms with Gasteiger partial charge in [-0.25, -0.2) is 0 Å². The number of nitrogens with one attached hydrogen (secondary N) is 2. The van der Waals surface area contributed by atoms with Crippen molar-refractivity contribution >= 4 is 11.6 Å². The standard InChI is InChI=1S/C14H18N2O/c1-9-2-3-10-8-11(4-7-13(10)15-9)14(17)16-12-5-6-12/h4,7-9,12,15H,2-3,5-6H2,1H3,(H,16,17)/t9-/m1/s1. The molecule has 3 heteroatoms. The first kappa shape index (κ1) is 10.6. The largest absolute Gasteiger partial charge is 0.382 e. The van der Waals surface area contributed by atoms with Crippen LogP contribution in [0.25, 0.3) is 0 Å². The van der Waals surface area contributed by atoms with Gasteiger partial charge in [0, 0.05) is 23.3 Å². The van der Waals surface area contributed by atoms with Crippen LogP contribution in [0.1, 0.15) is 42.1 Å². The molecule has 0 unspecified atom stereocenters. The highest BCUT2D eigenvalue weighted by Gasteiger charge is 2.24. The van der Waals surface area contributed by atoms with Crippen molar-refractivity contribution in [1.29, 1.82) is 0 Å². The number of anilines is 1. The summed E-state index contributed by atoms with van der Waals surface area (Å²) in [5.41, 5.74) is 3.25. The van der Waals surface area contributed by atoms with Crippen molar-refractivity contribution in [2.75, 3.05) is 5.32 Å². The Hall–Kier alpha value is -1.51. The summed E-state index contributed by atoms with van der Waals surface area (Å²) in [6, 6.07) is 6.95. The zero-order valence-corrected chi connectivity index (χ0v) is 10.1. The van der Waals surface area contributed by atoms with Crippen molar-refractivity contribution in [3.8, 4) is 0 Å². The van der Waals surface area contributed by atoms with E-state index < -0.39 is 0 Å². The van der Waals surface area contributed by atoms with E-state index in [0.29, 0.717) is 12.1 Å². The van der Waals surface area contributed by atoms with Gasteiger partial charge in [-0.15, -0.1) is 0 Å². The van der Waals surface area contributed by atoms with Gasteiger partial charge in [0.25, 0.3) is 5.91 Å². The van der Waals surface area contributed by atoms with E-state index in [9.17, 15) is 4.79 Å². The summed E-state index contributed by atoms with van der Waals surface area (Å²) in [4.78, 5) is 11.9. The summed E-state index contributed by atoms with van der Waals surface area (Å²) in [6.45, 7) is 2.19. The van der Waals surface area contributed by atoms with Crippen LogP contribution in [0, 0.1) is 0 Å². The summed E-state index contributed by atoms with van der Waals surface area (Å²) in [7, 11) is 0. The Morgan fingerprint density at radius 1 is 1.35 bits per heavy atom. The third-order valence-corrected chi connectivity index (χ3v) is 3.53. The monoisotopic (exact) mass is 230 g/mol. The van der Waals surface area contributed by atoms with Crippen LogP contribution in [0.4, 0.5) is 5.69 Å². The molecule has 2 N–H and O–H groups in total. The lowest BCUT2D eigenvalue weighted by atomic mass is 9.97. The van der Waals surface area contributed by atoms with Gasteiger partial charge >= 0.3 is 0 Å². The fourth-order valence-electron chi connectivity index (χ4n) is 2.29. The van der Waals surface area contributed by atoms with Crippen molar-refractivity contribution in [3.05, 3.63) is 29.3 Å². The molecule has 0 spiro atoms. The first-order valence-corrected chi connectivity index (χ1v) is 6.43. The number of aryl methyl sites for hydroxylation is 1. The van der Waals surface area contributed by atoms with E-state index in [1.54, 1.807) is 0 Å². The van der Waals surface area contributed by atoms with Gasteiger partial charge in [0.15, 0.2) is 0 Å². The van der Waals surface area contributed by atoms with Crippen LogP contribution in [-0.2, 0) is 6.42 Å². The fraction of sp³-hybridized carbons (Fsp3) is 0.500. The van der Waals surface area contributed by atoms with Crippen LogP contribution >= 0.6 is 0 Å². The summed E-state index contributed by atoms with van der Waals surface area (Å²) in [5, 5.41) is 6.47. The maximum atomic E-state index is 11.9. The molecule has 1 saturated carbocycles. The van der Waals surface area contributed by atoms with E-state index in [2.05, 4.69) is 17.6 Å². The molecular formula is C14H18N2O. The molecule has 1 amide bonds. The fourth-order valence-corrected chi connectivity index (χ4v) is 2.29. The number of rotatable bonds is 2. The Bertz CT molecular complexity index is 452. The summed E-state index contributed by atoms with van der Waals surface area (Å²) in [5.74, 6) is 0.0777. The number of hydrogen-bond acceptors (Lipinski definition) is 2. The Kier molecular flexibility index (Phi) is 2.54. The Morgan fingerprint density at radius 2 is 2.18 bits per heavy atom. The van der Waals surface area contributed by atoms with E-state index in [1.807, 2.05) is 18.2 Å². The van der Waals surface area contributed by atoms with Crippen molar-refractivity contribution in [2.45, 2.75) is 44.7 Å². The molecule has 0 bridgehead atoms. The van der Waals surface area contributed by atoms with E-state index >= 15 is 0 Å². The van der Waals surface area contributed by atoms with Crippen molar-refractivity contribution in [3.63, 3.8) is 0 Å². The molecule has 2 aliphatic rings. The second-order valence-electron chi connectivity index (χ2n) is 5.20.